The summed E-state index contributed by atoms with van der Waals surface area (Å²) in [6.07, 6.45) is 3.12. The van der Waals surface area contributed by atoms with Crippen molar-refractivity contribution in [3.63, 3.8) is 0 Å². The lowest BCUT2D eigenvalue weighted by atomic mass is 10.0. The van der Waals surface area contributed by atoms with Gasteiger partial charge >= 0.3 is 0 Å². The SMILES string of the molecule is CC1(F)CNC(C(=O)Nc2cncc(Br)n2)C1. The molecule has 7 heteroatoms. The Morgan fingerprint density at radius 3 is 3.06 bits per heavy atom. The third-order valence-electron chi connectivity index (χ3n) is 2.52. The maximum absolute atomic E-state index is 13.5. The van der Waals surface area contributed by atoms with Crippen molar-refractivity contribution in [2.24, 2.45) is 0 Å². The van der Waals surface area contributed by atoms with E-state index in [0.717, 1.165) is 0 Å². The van der Waals surface area contributed by atoms with Gasteiger partial charge in [0, 0.05) is 13.0 Å². The van der Waals surface area contributed by atoms with E-state index in [4.69, 9.17) is 0 Å². The molecule has 1 amide bonds. The zero-order valence-corrected chi connectivity index (χ0v) is 10.8. The molecule has 2 rings (SSSR count). The highest BCUT2D eigenvalue weighted by molar-refractivity contribution is 9.10. The van der Waals surface area contributed by atoms with Crippen molar-refractivity contribution in [3.05, 3.63) is 17.0 Å². The minimum absolute atomic E-state index is 0.167. The highest BCUT2D eigenvalue weighted by Crippen LogP contribution is 2.23. The Morgan fingerprint density at radius 1 is 1.71 bits per heavy atom. The molecular formula is C10H12BrFN4O. The van der Waals surface area contributed by atoms with Crippen LogP contribution in [0.5, 0.6) is 0 Å². The summed E-state index contributed by atoms with van der Waals surface area (Å²) in [4.78, 5) is 19.7. The number of anilines is 1. The van der Waals surface area contributed by atoms with Gasteiger partial charge in [-0.25, -0.2) is 9.37 Å². The van der Waals surface area contributed by atoms with E-state index >= 15 is 0 Å². The normalized spacial score (nSPS) is 28.1. The van der Waals surface area contributed by atoms with Gasteiger partial charge in [-0.05, 0) is 22.9 Å². The Labute approximate surface area is 106 Å². The number of rotatable bonds is 2. The van der Waals surface area contributed by atoms with Crippen molar-refractivity contribution in [2.45, 2.75) is 25.1 Å². The van der Waals surface area contributed by atoms with Crippen LogP contribution in [0.2, 0.25) is 0 Å². The first-order chi connectivity index (χ1) is 7.96. The van der Waals surface area contributed by atoms with Gasteiger partial charge in [0.15, 0.2) is 5.82 Å². The van der Waals surface area contributed by atoms with Gasteiger partial charge in [0.05, 0.1) is 18.4 Å². The van der Waals surface area contributed by atoms with Gasteiger partial charge in [-0.1, -0.05) is 0 Å². The van der Waals surface area contributed by atoms with Gasteiger partial charge in [-0.2, -0.15) is 0 Å². The van der Waals surface area contributed by atoms with Gasteiger partial charge < -0.3 is 10.6 Å². The summed E-state index contributed by atoms with van der Waals surface area (Å²) < 4.78 is 14.1. The van der Waals surface area contributed by atoms with Gasteiger partial charge in [-0.15, -0.1) is 0 Å². The minimum atomic E-state index is -1.33. The molecule has 17 heavy (non-hydrogen) atoms. The second-order valence-electron chi connectivity index (χ2n) is 4.27. The zero-order valence-electron chi connectivity index (χ0n) is 9.20. The number of nitrogens with zero attached hydrogens (tertiary/aromatic N) is 2. The molecule has 1 aliphatic rings. The number of hydrogen-bond donors (Lipinski definition) is 2. The van der Waals surface area contributed by atoms with Crippen molar-refractivity contribution in [1.29, 1.82) is 0 Å². The molecule has 0 saturated carbocycles. The number of aromatic nitrogens is 2. The van der Waals surface area contributed by atoms with Crippen LogP contribution in [-0.4, -0.2) is 34.1 Å². The zero-order chi connectivity index (χ0) is 12.5. The first kappa shape index (κ1) is 12.4. The fourth-order valence-corrected chi connectivity index (χ4v) is 2.02. The van der Waals surface area contributed by atoms with Gasteiger partial charge in [0.1, 0.15) is 10.3 Å². The summed E-state index contributed by atoms with van der Waals surface area (Å²) >= 11 is 3.15. The molecule has 1 fully saturated rings. The first-order valence-corrected chi connectivity index (χ1v) is 5.96. The first-order valence-electron chi connectivity index (χ1n) is 5.17. The fraction of sp³-hybridized carbons (Fsp3) is 0.500. The Bertz CT molecular complexity index is 440. The van der Waals surface area contributed by atoms with Crippen LogP contribution in [0.3, 0.4) is 0 Å². The van der Waals surface area contributed by atoms with Crippen LogP contribution >= 0.6 is 15.9 Å². The number of carbonyl (C=O) groups is 1. The van der Waals surface area contributed by atoms with E-state index in [1.165, 1.54) is 19.3 Å². The third kappa shape index (κ3) is 3.19. The van der Waals surface area contributed by atoms with Crippen LogP contribution < -0.4 is 10.6 Å². The van der Waals surface area contributed by atoms with E-state index < -0.39 is 11.7 Å². The third-order valence-corrected chi connectivity index (χ3v) is 2.90. The van der Waals surface area contributed by atoms with E-state index in [-0.39, 0.29) is 18.9 Å². The highest BCUT2D eigenvalue weighted by atomic mass is 79.9. The van der Waals surface area contributed by atoms with Crippen molar-refractivity contribution in [3.8, 4) is 0 Å². The van der Waals surface area contributed by atoms with Crippen LogP contribution in [0, 0.1) is 0 Å². The molecule has 2 heterocycles. The van der Waals surface area contributed by atoms with Crippen LogP contribution in [0.15, 0.2) is 17.0 Å². The molecule has 2 unspecified atom stereocenters. The van der Waals surface area contributed by atoms with E-state index in [1.54, 1.807) is 0 Å². The summed E-state index contributed by atoms with van der Waals surface area (Å²) in [5.74, 6) is 0.0532. The second-order valence-corrected chi connectivity index (χ2v) is 5.08. The van der Waals surface area contributed by atoms with Gasteiger partial charge in [-0.3, -0.25) is 9.78 Å². The van der Waals surface area contributed by atoms with Crippen LogP contribution in [-0.2, 0) is 4.79 Å². The molecule has 1 aromatic heterocycles. The average Bonchev–Trinajstić information content (AvgIpc) is 2.59. The van der Waals surface area contributed by atoms with Crippen LogP contribution in [0.4, 0.5) is 10.2 Å². The van der Waals surface area contributed by atoms with Gasteiger partial charge in [0.25, 0.3) is 0 Å². The Kier molecular flexibility index (Phi) is 3.39. The number of hydrogen-bond acceptors (Lipinski definition) is 4. The lowest BCUT2D eigenvalue weighted by Gasteiger charge is -2.11. The van der Waals surface area contributed by atoms with Crippen LogP contribution in [0.1, 0.15) is 13.3 Å². The van der Waals surface area contributed by atoms with E-state index in [0.29, 0.717) is 10.4 Å². The molecule has 0 radical (unpaired) electrons. The molecule has 2 atom stereocenters. The standard InChI is InChI=1S/C10H12BrFN4O/c1-10(12)2-6(14-5-10)9(17)16-8-4-13-3-7(11)15-8/h3-4,6,14H,2,5H2,1H3,(H,15,16,17). The second kappa shape index (κ2) is 4.66. The summed E-state index contributed by atoms with van der Waals surface area (Å²) in [5, 5.41) is 5.43. The summed E-state index contributed by atoms with van der Waals surface area (Å²) in [7, 11) is 0. The molecule has 92 valence electrons. The van der Waals surface area contributed by atoms with Crippen molar-refractivity contribution in [2.75, 3.05) is 11.9 Å². The smallest absolute Gasteiger partial charge is 0.242 e. The summed E-state index contributed by atoms with van der Waals surface area (Å²) in [6, 6.07) is -0.522. The summed E-state index contributed by atoms with van der Waals surface area (Å²) in [6.45, 7) is 1.67. The lowest BCUT2D eigenvalue weighted by molar-refractivity contribution is -0.118. The molecule has 0 aromatic carbocycles. The minimum Gasteiger partial charge on any atom is -0.308 e. The number of amides is 1. The molecule has 0 bridgehead atoms. The highest BCUT2D eigenvalue weighted by Gasteiger charge is 2.38. The molecule has 5 nitrogen and oxygen atoms in total. The predicted molar refractivity (Wildman–Crippen MR) is 64.3 cm³/mol. The number of halogens is 2. The largest absolute Gasteiger partial charge is 0.308 e. The number of carbonyl (C=O) groups excluding carboxylic acids is 1. The number of alkyl halides is 1. The van der Waals surface area contributed by atoms with E-state index in [1.807, 2.05) is 0 Å². The fourth-order valence-electron chi connectivity index (χ4n) is 1.71. The topological polar surface area (TPSA) is 66.9 Å². The average molecular weight is 303 g/mol. The number of nitrogens with one attached hydrogen (secondary N) is 2. The molecule has 0 aliphatic carbocycles. The quantitative estimate of drug-likeness (QED) is 0.863. The molecule has 1 aliphatic heterocycles. The molecule has 1 saturated heterocycles. The summed E-state index contributed by atoms with van der Waals surface area (Å²) in [5.41, 5.74) is -1.33. The van der Waals surface area contributed by atoms with E-state index in [2.05, 4.69) is 36.5 Å². The van der Waals surface area contributed by atoms with Crippen molar-refractivity contribution < 1.29 is 9.18 Å². The maximum Gasteiger partial charge on any atom is 0.242 e. The van der Waals surface area contributed by atoms with Gasteiger partial charge in [0.2, 0.25) is 5.91 Å². The molecule has 0 spiro atoms. The molecule has 1 aromatic rings. The van der Waals surface area contributed by atoms with Crippen molar-refractivity contribution in [1.82, 2.24) is 15.3 Å². The predicted octanol–water partition coefficient (Wildman–Crippen LogP) is 1.27. The van der Waals surface area contributed by atoms with Crippen molar-refractivity contribution >= 4 is 27.7 Å². The Hall–Kier alpha value is -1.08. The molecular weight excluding hydrogens is 291 g/mol. The van der Waals surface area contributed by atoms with Crippen LogP contribution in [0.25, 0.3) is 0 Å². The van der Waals surface area contributed by atoms with E-state index in [9.17, 15) is 9.18 Å². The maximum atomic E-state index is 13.5. The Balaban J connectivity index is 1.98. The molecule has 2 N–H and O–H groups in total. The lowest BCUT2D eigenvalue weighted by Crippen LogP contribution is -2.35. The Morgan fingerprint density at radius 2 is 2.47 bits per heavy atom. The monoisotopic (exact) mass is 302 g/mol.